The van der Waals surface area contributed by atoms with Crippen molar-refractivity contribution in [3.8, 4) is 5.75 Å². The quantitative estimate of drug-likeness (QED) is 0.803. The molecule has 24 heavy (non-hydrogen) atoms. The molecule has 3 rings (SSSR count). The van der Waals surface area contributed by atoms with E-state index < -0.39 is 0 Å². The third-order valence-corrected chi connectivity index (χ3v) is 5.05. The Morgan fingerprint density at radius 3 is 3.12 bits per heavy atom. The van der Waals surface area contributed by atoms with Crippen LogP contribution < -0.4 is 10.1 Å². The van der Waals surface area contributed by atoms with Crippen LogP contribution in [0.2, 0.25) is 0 Å². The summed E-state index contributed by atoms with van der Waals surface area (Å²) < 4.78 is 15.9. The fourth-order valence-corrected chi connectivity index (χ4v) is 3.80. The van der Waals surface area contributed by atoms with Gasteiger partial charge in [-0.05, 0) is 17.7 Å². The van der Waals surface area contributed by atoms with Crippen LogP contribution in [0.4, 0.5) is 0 Å². The van der Waals surface area contributed by atoms with Crippen molar-refractivity contribution < 1.29 is 19.0 Å². The fraction of sp³-hybridized carbons (Fsp3) is 0.611. The summed E-state index contributed by atoms with van der Waals surface area (Å²) in [4.78, 5) is 14.2. The number of hydrogen-bond acceptors (Lipinski definition) is 5. The molecule has 2 fully saturated rings. The lowest BCUT2D eigenvalue weighted by molar-refractivity contribution is -0.125. The Labute approximate surface area is 143 Å². The molecule has 2 aliphatic heterocycles. The van der Waals surface area contributed by atoms with E-state index in [1.807, 2.05) is 12.1 Å². The highest BCUT2D eigenvalue weighted by Gasteiger charge is 2.50. The van der Waals surface area contributed by atoms with E-state index in [0.717, 1.165) is 32.0 Å². The van der Waals surface area contributed by atoms with Gasteiger partial charge in [-0.15, -0.1) is 0 Å². The third-order valence-electron chi connectivity index (χ3n) is 5.05. The molecule has 1 aromatic carbocycles. The van der Waals surface area contributed by atoms with Crippen molar-refractivity contribution in [1.82, 2.24) is 10.2 Å². The predicted octanol–water partition coefficient (Wildman–Crippen LogP) is 0.906. The van der Waals surface area contributed by atoms with Crippen LogP contribution in [-0.4, -0.2) is 64.5 Å². The van der Waals surface area contributed by atoms with Gasteiger partial charge in [-0.25, -0.2) is 0 Å². The molecule has 0 bridgehead atoms. The first-order valence-electron chi connectivity index (χ1n) is 8.34. The second-order valence-corrected chi connectivity index (χ2v) is 6.81. The number of nitrogens with zero attached hydrogens (tertiary/aromatic N) is 1. The zero-order valence-corrected chi connectivity index (χ0v) is 14.4. The van der Waals surface area contributed by atoms with Gasteiger partial charge in [0.1, 0.15) is 12.4 Å². The summed E-state index contributed by atoms with van der Waals surface area (Å²) in [6.07, 6.45) is 0. The van der Waals surface area contributed by atoms with Crippen molar-refractivity contribution in [2.75, 3.05) is 53.7 Å². The van der Waals surface area contributed by atoms with Gasteiger partial charge in [-0.3, -0.25) is 9.69 Å². The molecule has 2 heterocycles. The van der Waals surface area contributed by atoms with Crippen LogP contribution >= 0.6 is 0 Å². The number of fused-ring (bicyclic) bond motifs is 1. The van der Waals surface area contributed by atoms with E-state index in [9.17, 15) is 4.79 Å². The number of nitrogens with one attached hydrogen (secondary N) is 1. The molecule has 1 aromatic rings. The summed E-state index contributed by atoms with van der Waals surface area (Å²) in [6.45, 7) is 5.05. The Hall–Kier alpha value is -1.63. The van der Waals surface area contributed by atoms with E-state index >= 15 is 0 Å². The number of carbonyl (C=O) groups is 1. The zero-order valence-electron chi connectivity index (χ0n) is 14.4. The van der Waals surface area contributed by atoms with Crippen molar-refractivity contribution in [3.63, 3.8) is 0 Å². The van der Waals surface area contributed by atoms with Crippen LogP contribution in [0.15, 0.2) is 24.3 Å². The van der Waals surface area contributed by atoms with Gasteiger partial charge in [0, 0.05) is 44.6 Å². The maximum Gasteiger partial charge on any atom is 0.246 e. The first-order valence-corrected chi connectivity index (χ1v) is 8.34. The Bertz CT molecular complexity index is 580. The molecule has 2 atom stereocenters. The Morgan fingerprint density at radius 2 is 2.33 bits per heavy atom. The Morgan fingerprint density at radius 1 is 1.46 bits per heavy atom. The minimum absolute atomic E-state index is 0.0161. The van der Waals surface area contributed by atoms with Gasteiger partial charge < -0.3 is 19.5 Å². The van der Waals surface area contributed by atoms with Gasteiger partial charge >= 0.3 is 0 Å². The van der Waals surface area contributed by atoms with Gasteiger partial charge in [0.2, 0.25) is 5.91 Å². The van der Waals surface area contributed by atoms with E-state index in [1.165, 1.54) is 12.7 Å². The Balaban J connectivity index is 1.61. The number of likely N-dealkylation sites (tertiary alicyclic amines) is 1. The van der Waals surface area contributed by atoms with E-state index in [0.29, 0.717) is 19.1 Å². The molecular formula is C18H26N2O4. The summed E-state index contributed by atoms with van der Waals surface area (Å²) in [5.74, 6) is 1.28. The topological polar surface area (TPSA) is 60.0 Å². The largest absolute Gasteiger partial charge is 0.497 e. The molecule has 132 valence electrons. The average Bonchev–Trinajstić information content (AvgIpc) is 3.10. The van der Waals surface area contributed by atoms with Crippen molar-refractivity contribution in [2.24, 2.45) is 11.3 Å². The van der Waals surface area contributed by atoms with Gasteiger partial charge in [-0.1, -0.05) is 12.1 Å². The summed E-state index contributed by atoms with van der Waals surface area (Å²) in [6, 6.07) is 8.19. The molecule has 0 unspecified atom stereocenters. The van der Waals surface area contributed by atoms with Gasteiger partial charge in [0.05, 0.1) is 20.3 Å². The summed E-state index contributed by atoms with van der Waals surface area (Å²) in [5, 5.41) is 3.00. The minimum atomic E-state index is -0.0660. The highest BCUT2D eigenvalue weighted by Crippen LogP contribution is 2.41. The third kappa shape index (κ3) is 3.71. The fourth-order valence-electron chi connectivity index (χ4n) is 3.80. The first kappa shape index (κ1) is 17.2. The van der Waals surface area contributed by atoms with E-state index in [1.54, 1.807) is 7.11 Å². The summed E-state index contributed by atoms with van der Waals surface area (Å²) in [5.41, 5.74) is 1.26. The standard InChI is InChI=1S/C18H26N2O4/c1-22-10-17(21)19-11-18-12-20(8-15(18)9-24-13-18)7-14-4-3-5-16(6-14)23-2/h3-6,15H,7-13H2,1-2H3,(H,19,21)/t15-,18+/m1/s1. The summed E-state index contributed by atoms with van der Waals surface area (Å²) >= 11 is 0. The first-order chi connectivity index (χ1) is 11.6. The van der Waals surface area contributed by atoms with Gasteiger partial charge in [0.15, 0.2) is 0 Å². The minimum Gasteiger partial charge on any atom is -0.497 e. The monoisotopic (exact) mass is 334 g/mol. The molecule has 1 amide bonds. The van der Waals surface area contributed by atoms with Crippen LogP contribution in [0.1, 0.15) is 5.56 Å². The Kier molecular flexibility index (Phi) is 5.38. The number of benzene rings is 1. The molecule has 2 saturated heterocycles. The second-order valence-electron chi connectivity index (χ2n) is 6.81. The number of hydrogen-bond donors (Lipinski definition) is 1. The highest BCUT2D eigenvalue weighted by atomic mass is 16.5. The summed E-state index contributed by atoms with van der Waals surface area (Å²) in [7, 11) is 3.22. The molecule has 1 N–H and O–H groups in total. The van der Waals surface area contributed by atoms with E-state index in [4.69, 9.17) is 14.2 Å². The number of amides is 1. The lowest BCUT2D eigenvalue weighted by Gasteiger charge is -2.27. The molecule has 0 aliphatic carbocycles. The van der Waals surface area contributed by atoms with E-state index in [2.05, 4.69) is 22.3 Å². The number of carbonyl (C=O) groups excluding carboxylic acids is 1. The zero-order chi connectivity index (χ0) is 17.0. The molecular weight excluding hydrogens is 308 g/mol. The van der Waals surface area contributed by atoms with Crippen LogP contribution in [0, 0.1) is 11.3 Å². The molecule has 0 radical (unpaired) electrons. The smallest absolute Gasteiger partial charge is 0.246 e. The van der Waals surface area contributed by atoms with Crippen LogP contribution in [0.3, 0.4) is 0 Å². The normalized spacial score (nSPS) is 26.3. The number of rotatable bonds is 7. The maximum absolute atomic E-state index is 11.7. The molecule has 0 aromatic heterocycles. The van der Waals surface area contributed by atoms with E-state index in [-0.39, 0.29) is 17.9 Å². The number of methoxy groups -OCH3 is 2. The van der Waals surface area contributed by atoms with Gasteiger partial charge in [0.25, 0.3) is 0 Å². The van der Waals surface area contributed by atoms with Crippen molar-refractivity contribution in [3.05, 3.63) is 29.8 Å². The number of ether oxygens (including phenoxy) is 3. The SMILES string of the molecule is COCC(=O)NC[C@]12COC[C@H]1CN(Cc1cccc(OC)c1)C2. The molecule has 6 heteroatoms. The molecule has 6 nitrogen and oxygen atoms in total. The van der Waals surface area contributed by atoms with Crippen molar-refractivity contribution >= 4 is 5.91 Å². The predicted molar refractivity (Wildman–Crippen MR) is 89.9 cm³/mol. The van der Waals surface area contributed by atoms with Crippen LogP contribution in [0.5, 0.6) is 5.75 Å². The average molecular weight is 334 g/mol. The van der Waals surface area contributed by atoms with Crippen molar-refractivity contribution in [2.45, 2.75) is 6.54 Å². The lowest BCUT2D eigenvalue weighted by atomic mass is 9.81. The second kappa shape index (κ2) is 7.51. The van der Waals surface area contributed by atoms with Crippen molar-refractivity contribution in [1.29, 1.82) is 0 Å². The van der Waals surface area contributed by atoms with Crippen LogP contribution in [-0.2, 0) is 20.8 Å². The molecule has 0 saturated carbocycles. The highest BCUT2D eigenvalue weighted by molar-refractivity contribution is 5.77. The van der Waals surface area contributed by atoms with Crippen LogP contribution in [0.25, 0.3) is 0 Å². The lowest BCUT2D eigenvalue weighted by Crippen LogP contribution is -2.44. The molecule has 0 spiro atoms. The van der Waals surface area contributed by atoms with Gasteiger partial charge in [-0.2, -0.15) is 0 Å². The molecule has 2 aliphatic rings. The maximum atomic E-state index is 11.7.